The number of hydrogen-bond acceptors (Lipinski definition) is 3. The van der Waals surface area contributed by atoms with Gasteiger partial charge in [-0.3, -0.25) is 0 Å². The molecule has 1 aromatic rings. The Hall–Kier alpha value is -0.830. The van der Waals surface area contributed by atoms with Gasteiger partial charge < -0.3 is 10.8 Å². The number of nitrogens with two attached hydrogens (primary N) is 1. The average Bonchev–Trinajstić information content (AvgIpc) is 2.28. The monoisotopic (exact) mass is 195 g/mol. The minimum Gasteiger partial charge on any atom is -0.508 e. The van der Waals surface area contributed by atoms with Gasteiger partial charge in [0.25, 0.3) is 0 Å². The summed E-state index contributed by atoms with van der Waals surface area (Å²) in [6, 6.07) is 3.47. The first-order valence-electron chi connectivity index (χ1n) is 4.51. The van der Waals surface area contributed by atoms with Gasteiger partial charge in [-0.2, -0.15) is 0 Å². The van der Waals surface area contributed by atoms with E-state index in [0.29, 0.717) is 5.75 Å². The molecule has 1 aliphatic rings. The van der Waals surface area contributed by atoms with Gasteiger partial charge in [0.2, 0.25) is 0 Å². The number of phenolic OH excluding ortho intramolecular Hbond substituents is 1. The van der Waals surface area contributed by atoms with E-state index in [-0.39, 0.29) is 0 Å². The van der Waals surface area contributed by atoms with E-state index in [9.17, 15) is 5.11 Å². The van der Waals surface area contributed by atoms with Crippen LogP contribution >= 0.6 is 11.8 Å². The first-order valence-corrected chi connectivity index (χ1v) is 5.50. The molecule has 70 valence electrons. The number of rotatable bonds is 0. The first-order chi connectivity index (χ1) is 6.27. The third kappa shape index (κ3) is 1.75. The summed E-state index contributed by atoms with van der Waals surface area (Å²) in [6.07, 6.45) is 3.48. The second-order valence-corrected chi connectivity index (χ2v) is 4.43. The quantitative estimate of drug-likeness (QED) is 0.625. The van der Waals surface area contributed by atoms with E-state index >= 15 is 0 Å². The minimum atomic E-state index is 0.291. The summed E-state index contributed by atoms with van der Waals surface area (Å²) in [5.74, 6) is 1.43. The molecule has 0 fully saturated rings. The molecule has 0 aliphatic carbocycles. The Bertz CT molecular complexity index is 325. The summed E-state index contributed by atoms with van der Waals surface area (Å²) in [6.45, 7) is 0. The standard InChI is InChI=1S/C10H13NOS/c11-9-6-8(12)5-7-3-1-2-4-13-10(7)9/h5-6,12H,1-4,11H2. The van der Waals surface area contributed by atoms with Gasteiger partial charge in [-0.1, -0.05) is 0 Å². The lowest BCUT2D eigenvalue weighted by Crippen LogP contribution is -1.93. The molecule has 0 saturated carbocycles. The maximum absolute atomic E-state index is 9.37. The van der Waals surface area contributed by atoms with Crippen LogP contribution in [0.2, 0.25) is 0 Å². The highest BCUT2D eigenvalue weighted by Crippen LogP contribution is 2.36. The molecular formula is C10H13NOS. The van der Waals surface area contributed by atoms with Gasteiger partial charge in [-0.05, 0) is 36.6 Å². The maximum atomic E-state index is 9.37. The lowest BCUT2D eigenvalue weighted by Gasteiger charge is -2.08. The number of anilines is 1. The average molecular weight is 195 g/mol. The number of aryl methyl sites for hydroxylation is 1. The Balaban J connectivity index is 2.47. The molecule has 13 heavy (non-hydrogen) atoms. The van der Waals surface area contributed by atoms with Crippen molar-refractivity contribution in [2.24, 2.45) is 0 Å². The van der Waals surface area contributed by atoms with E-state index < -0.39 is 0 Å². The molecule has 0 aromatic heterocycles. The summed E-state index contributed by atoms with van der Waals surface area (Å²) >= 11 is 1.81. The molecule has 2 nitrogen and oxygen atoms in total. The molecule has 0 atom stereocenters. The lowest BCUT2D eigenvalue weighted by atomic mass is 10.1. The van der Waals surface area contributed by atoms with E-state index in [4.69, 9.17) is 5.73 Å². The van der Waals surface area contributed by atoms with Crippen molar-refractivity contribution < 1.29 is 5.11 Å². The fourth-order valence-corrected chi connectivity index (χ4v) is 2.77. The number of hydrogen-bond donors (Lipinski definition) is 2. The number of aromatic hydroxyl groups is 1. The lowest BCUT2D eigenvalue weighted by molar-refractivity contribution is 0.474. The van der Waals surface area contributed by atoms with Crippen LogP contribution in [0.5, 0.6) is 5.75 Å². The van der Waals surface area contributed by atoms with Crippen molar-refractivity contribution in [3.8, 4) is 5.75 Å². The van der Waals surface area contributed by atoms with Crippen LogP contribution in [0.1, 0.15) is 18.4 Å². The number of nitrogen functional groups attached to an aromatic ring is 1. The van der Waals surface area contributed by atoms with Crippen molar-refractivity contribution in [1.29, 1.82) is 0 Å². The highest BCUT2D eigenvalue weighted by molar-refractivity contribution is 7.99. The Kier molecular flexibility index (Phi) is 2.36. The van der Waals surface area contributed by atoms with E-state index in [1.807, 2.05) is 17.8 Å². The molecule has 0 unspecified atom stereocenters. The fourth-order valence-electron chi connectivity index (χ4n) is 1.65. The fraction of sp³-hybridized carbons (Fsp3) is 0.400. The van der Waals surface area contributed by atoms with Crippen LogP contribution in [0.15, 0.2) is 17.0 Å². The molecule has 2 rings (SSSR count). The van der Waals surface area contributed by atoms with E-state index in [0.717, 1.165) is 17.9 Å². The topological polar surface area (TPSA) is 46.2 Å². The predicted molar refractivity (Wildman–Crippen MR) is 56.2 cm³/mol. The molecule has 1 heterocycles. The molecule has 1 aromatic carbocycles. The smallest absolute Gasteiger partial charge is 0.117 e. The number of fused-ring (bicyclic) bond motifs is 1. The van der Waals surface area contributed by atoms with Crippen molar-refractivity contribution >= 4 is 17.4 Å². The van der Waals surface area contributed by atoms with Gasteiger partial charge in [0, 0.05) is 16.6 Å². The number of phenols is 1. The molecule has 0 spiro atoms. The summed E-state index contributed by atoms with van der Waals surface area (Å²) < 4.78 is 0. The Morgan fingerprint density at radius 1 is 1.31 bits per heavy atom. The number of benzene rings is 1. The summed E-state index contributed by atoms with van der Waals surface area (Å²) in [5, 5.41) is 9.37. The summed E-state index contributed by atoms with van der Waals surface area (Å²) in [4.78, 5) is 1.18. The predicted octanol–water partition coefficient (Wildman–Crippen LogP) is 2.40. The highest BCUT2D eigenvalue weighted by Gasteiger charge is 2.12. The van der Waals surface area contributed by atoms with Crippen LogP contribution in [-0.2, 0) is 6.42 Å². The second-order valence-electron chi connectivity index (χ2n) is 3.33. The molecule has 3 N–H and O–H groups in total. The van der Waals surface area contributed by atoms with Gasteiger partial charge in [0.15, 0.2) is 0 Å². The van der Waals surface area contributed by atoms with Crippen LogP contribution < -0.4 is 5.73 Å². The SMILES string of the molecule is Nc1cc(O)cc2c1SCCCC2. The van der Waals surface area contributed by atoms with Crippen molar-refractivity contribution in [2.75, 3.05) is 11.5 Å². The largest absolute Gasteiger partial charge is 0.508 e. The van der Waals surface area contributed by atoms with E-state index in [1.165, 1.54) is 23.3 Å². The zero-order valence-electron chi connectivity index (χ0n) is 7.42. The molecule has 0 amide bonds. The molecule has 1 aliphatic heterocycles. The van der Waals surface area contributed by atoms with Crippen LogP contribution in [-0.4, -0.2) is 10.9 Å². The van der Waals surface area contributed by atoms with Crippen molar-refractivity contribution in [1.82, 2.24) is 0 Å². The van der Waals surface area contributed by atoms with Crippen molar-refractivity contribution in [3.63, 3.8) is 0 Å². The van der Waals surface area contributed by atoms with E-state index in [1.54, 1.807) is 6.07 Å². The van der Waals surface area contributed by atoms with Crippen LogP contribution in [0.3, 0.4) is 0 Å². The van der Waals surface area contributed by atoms with Gasteiger partial charge >= 0.3 is 0 Å². The third-order valence-corrected chi connectivity index (χ3v) is 3.55. The molecule has 0 bridgehead atoms. The third-order valence-electron chi connectivity index (χ3n) is 2.27. The molecule has 0 radical (unpaired) electrons. The Labute approximate surface area is 82.1 Å². The van der Waals surface area contributed by atoms with Gasteiger partial charge in [0.1, 0.15) is 5.75 Å². The molecule has 3 heteroatoms. The maximum Gasteiger partial charge on any atom is 0.117 e. The van der Waals surface area contributed by atoms with Gasteiger partial charge in [-0.25, -0.2) is 0 Å². The number of thioether (sulfide) groups is 1. The summed E-state index contributed by atoms with van der Waals surface area (Å²) in [7, 11) is 0. The van der Waals surface area contributed by atoms with Crippen molar-refractivity contribution in [3.05, 3.63) is 17.7 Å². The van der Waals surface area contributed by atoms with Crippen molar-refractivity contribution in [2.45, 2.75) is 24.2 Å². The zero-order chi connectivity index (χ0) is 9.26. The van der Waals surface area contributed by atoms with Crippen LogP contribution in [0.4, 0.5) is 5.69 Å². The van der Waals surface area contributed by atoms with Gasteiger partial charge in [0.05, 0.1) is 0 Å². The van der Waals surface area contributed by atoms with Gasteiger partial charge in [-0.15, -0.1) is 11.8 Å². The van der Waals surface area contributed by atoms with Crippen LogP contribution in [0.25, 0.3) is 0 Å². The minimum absolute atomic E-state index is 0.291. The Morgan fingerprint density at radius 2 is 2.15 bits per heavy atom. The zero-order valence-corrected chi connectivity index (χ0v) is 8.23. The normalized spacial score (nSPS) is 16.3. The first kappa shape index (κ1) is 8.75. The second kappa shape index (κ2) is 3.50. The molecular weight excluding hydrogens is 182 g/mol. The molecule has 0 saturated heterocycles. The summed E-state index contributed by atoms with van der Waals surface area (Å²) in [5.41, 5.74) is 7.76. The van der Waals surface area contributed by atoms with Crippen LogP contribution in [0, 0.1) is 0 Å². The highest BCUT2D eigenvalue weighted by atomic mass is 32.2. The van der Waals surface area contributed by atoms with E-state index in [2.05, 4.69) is 0 Å². The Morgan fingerprint density at radius 3 is 3.00 bits per heavy atom.